The lowest BCUT2D eigenvalue weighted by Crippen LogP contribution is -2.38. The van der Waals surface area contributed by atoms with E-state index in [4.69, 9.17) is 9.47 Å². The molecule has 19 heavy (non-hydrogen) atoms. The molecule has 1 N–H and O–H groups in total. The number of H-pyrrole nitrogens is 1. The van der Waals surface area contributed by atoms with Gasteiger partial charge in [0.05, 0.1) is 25.5 Å². The highest BCUT2D eigenvalue weighted by molar-refractivity contribution is 5.84. The number of amides is 1. The van der Waals surface area contributed by atoms with Gasteiger partial charge in [-0.25, -0.2) is 9.59 Å². The first-order valence-electron chi connectivity index (χ1n) is 5.93. The molecule has 2 rings (SSSR count). The van der Waals surface area contributed by atoms with Gasteiger partial charge >= 0.3 is 12.1 Å². The van der Waals surface area contributed by atoms with Crippen LogP contribution in [-0.2, 0) is 20.8 Å². The number of carbonyl (C=O) groups is 2. The van der Waals surface area contributed by atoms with Crippen LogP contribution in [0.1, 0.15) is 38.1 Å². The van der Waals surface area contributed by atoms with Crippen LogP contribution in [0.2, 0.25) is 0 Å². The number of nitrogens with one attached hydrogen (secondary N) is 1. The number of aromatic amines is 1. The molecule has 0 saturated heterocycles. The van der Waals surface area contributed by atoms with Crippen molar-refractivity contribution in [2.24, 2.45) is 0 Å². The molecule has 1 aliphatic heterocycles. The van der Waals surface area contributed by atoms with Crippen molar-refractivity contribution < 1.29 is 19.1 Å². The van der Waals surface area contributed by atoms with E-state index >= 15 is 0 Å². The fraction of sp³-hybridized carbons (Fsp3) is 0.583. The molecule has 0 saturated carbocycles. The van der Waals surface area contributed by atoms with Crippen LogP contribution in [0.3, 0.4) is 0 Å². The molecule has 1 aliphatic rings. The first kappa shape index (κ1) is 13.4. The maximum absolute atomic E-state index is 12.1. The fourth-order valence-electron chi connectivity index (χ4n) is 1.97. The Morgan fingerprint density at radius 3 is 2.74 bits per heavy atom. The van der Waals surface area contributed by atoms with Gasteiger partial charge < -0.3 is 9.47 Å². The highest BCUT2D eigenvalue weighted by Crippen LogP contribution is 2.34. The Morgan fingerprint density at radius 1 is 1.47 bits per heavy atom. The quantitative estimate of drug-likeness (QED) is 0.777. The lowest BCUT2D eigenvalue weighted by atomic mass is 10.1. The Labute approximate surface area is 110 Å². The van der Waals surface area contributed by atoms with Crippen molar-refractivity contribution in [2.75, 3.05) is 7.11 Å². The van der Waals surface area contributed by atoms with Gasteiger partial charge in [-0.05, 0) is 20.8 Å². The minimum Gasteiger partial charge on any atom is -0.467 e. The highest BCUT2D eigenvalue weighted by atomic mass is 16.6. The van der Waals surface area contributed by atoms with Crippen molar-refractivity contribution >= 4 is 12.1 Å². The summed E-state index contributed by atoms with van der Waals surface area (Å²) in [7, 11) is 1.29. The Hall–Kier alpha value is -2.05. The fourth-order valence-corrected chi connectivity index (χ4v) is 1.97. The Morgan fingerprint density at radius 2 is 2.16 bits per heavy atom. The smallest absolute Gasteiger partial charge is 0.411 e. The topological polar surface area (TPSA) is 84.5 Å². The van der Waals surface area contributed by atoms with Gasteiger partial charge in [0, 0.05) is 5.56 Å². The van der Waals surface area contributed by atoms with Crippen molar-refractivity contribution in [2.45, 2.75) is 39.0 Å². The summed E-state index contributed by atoms with van der Waals surface area (Å²) in [6.07, 6.45) is 0.980. The summed E-state index contributed by atoms with van der Waals surface area (Å²) in [4.78, 5) is 25.3. The molecule has 0 radical (unpaired) electrons. The maximum Gasteiger partial charge on any atom is 0.411 e. The Bertz CT molecular complexity index is 503. The van der Waals surface area contributed by atoms with Crippen LogP contribution >= 0.6 is 0 Å². The summed E-state index contributed by atoms with van der Waals surface area (Å²) in [6.45, 7) is 5.57. The summed E-state index contributed by atoms with van der Waals surface area (Å²) in [5, 5.41) is 6.63. The predicted octanol–water partition coefficient (Wildman–Crippen LogP) is 1.37. The van der Waals surface area contributed by atoms with Gasteiger partial charge in [-0.15, -0.1) is 0 Å². The third-order valence-corrected chi connectivity index (χ3v) is 2.74. The van der Waals surface area contributed by atoms with Crippen molar-refractivity contribution in [3.05, 3.63) is 17.5 Å². The maximum atomic E-state index is 12.1. The Balaban J connectivity index is 2.24. The molecule has 0 unspecified atom stereocenters. The first-order chi connectivity index (χ1) is 8.83. The SMILES string of the molecule is COC(=O)[C@H]1c2cn[nH]c2CN1C(=O)OC(C)(C)C. The molecule has 0 bridgehead atoms. The average Bonchev–Trinajstić information content (AvgIpc) is 2.84. The summed E-state index contributed by atoms with van der Waals surface area (Å²) < 4.78 is 10.0. The van der Waals surface area contributed by atoms with E-state index in [1.165, 1.54) is 18.2 Å². The largest absolute Gasteiger partial charge is 0.467 e. The molecule has 7 nitrogen and oxygen atoms in total. The summed E-state index contributed by atoms with van der Waals surface area (Å²) >= 11 is 0. The number of carbonyl (C=O) groups excluding carboxylic acids is 2. The number of methoxy groups -OCH3 is 1. The number of nitrogens with zero attached hydrogens (tertiary/aromatic N) is 2. The highest BCUT2D eigenvalue weighted by Gasteiger charge is 2.42. The first-order valence-corrected chi connectivity index (χ1v) is 5.93. The van der Waals surface area contributed by atoms with Gasteiger partial charge in [0.2, 0.25) is 0 Å². The van der Waals surface area contributed by atoms with E-state index in [9.17, 15) is 9.59 Å². The standard InChI is InChI=1S/C12H17N3O4/c1-12(2,3)19-11(17)15-6-8-7(5-13-14-8)9(15)10(16)18-4/h5,9H,6H2,1-4H3,(H,13,14)/t9-/m1/s1. The molecule has 0 aromatic carbocycles. The summed E-state index contributed by atoms with van der Waals surface area (Å²) in [5.41, 5.74) is 0.755. The third kappa shape index (κ3) is 2.54. The van der Waals surface area contributed by atoms with Crippen LogP contribution in [-0.4, -0.2) is 39.9 Å². The molecule has 1 atom stereocenters. The number of hydrogen-bond donors (Lipinski definition) is 1. The van der Waals surface area contributed by atoms with E-state index in [2.05, 4.69) is 10.2 Å². The monoisotopic (exact) mass is 267 g/mol. The van der Waals surface area contributed by atoms with Crippen molar-refractivity contribution in [3.63, 3.8) is 0 Å². The van der Waals surface area contributed by atoms with Crippen LogP contribution < -0.4 is 0 Å². The molecule has 2 heterocycles. The summed E-state index contributed by atoms with van der Waals surface area (Å²) in [5.74, 6) is -0.508. The molecule has 7 heteroatoms. The van der Waals surface area contributed by atoms with Gasteiger partial charge in [-0.2, -0.15) is 5.10 Å². The number of aromatic nitrogens is 2. The van der Waals surface area contributed by atoms with Crippen LogP contribution in [0.25, 0.3) is 0 Å². The number of rotatable bonds is 1. The van der Waals surface area contributed by atoms with Crippen molar-refractivity contribution in [1.29, 1.82) is 0 Å². The lowest BCUT2D eigenvalue weighted by Gasteiger charge is -2.27. The molecule has 1 amide bonds. The summed E-state index contributed by atoms with van der Waals surface area (Å²) in [6, 6.07) is -0.798. The molecular formula is C12H17N3O4. The third-order valence-electron chi connectivity index (χ3n) is 2.74. The zero-order valence-corrected chi connectivity index (χ0v) is 11.4. The second kappa shape index (κ2) is 4.56. The van der Waals surface area contributed by atoms with E-state index in [1.807, 2.05) is 0 Å². The minimum atomic E-state index is -0.798. The van der Waals surface area contributed by atoms with Gasteiger partial charge in [0.25, 0.3) is 0 Å². The average molecular weight is 267 g/mol. The van der Waals surface area contributed by atoms with Gasteiger partial charge in [-0.1, -0.05) is 0 Å². The normalized spacial score (nSPS) is 18.1. The number of hydrogen-bond acceptors (Lipinski definition) is 5. The zero-order chi connectivity index (χ0) is 14.2. The van der Waals surface area contributed by atoms with E-state index in [0.717, 1.165) is 5.69 Å². The van der Waals surface area contributed by atoms with E-state index < -0.39 is 23.7 Å². The molecule has 1 aromatic rings. The van der Waals surface area contributed by atoms with Gasteiger partial charge in [-0.3, -0.25) is 10.00 Å². The van der Waals surface area contributed by atoms with Gasteiger partial charge in [0.1, 0.15) is 5.60 Å². The van der Waals surface area contributed by atoms with Gasteiger partial charge in [0.15, 0.2) is 6.04 Å². The van der Waals surface area contributed by atoms with Crippen molar-refractivity contribution in [3.8, 4) is 0 Å². The molecule has 104 valence electrons. The number of ether oxygens (including phenoxy) is 2. The lowest BCUT2D eigenvalue weighted by molar-refractivity contribution is -0.146. The number of esters is 1. The Kier molecular flexibility index (Phi) is 3.21. The van der Waals surface area contributed by atoms with Crippen LogP contribution in [0.5, 0.6) is 0 Å². The molecule has 0 fully saturated rings. The predicted molar refractivity (Wildman–Crippen MR) is 65.1 cm³/mol. The zero-order valence-electron chi connectivity index (χ0n) is 11.4. The van der Waals surface area contributed by atoms with E-state index in [-0.39, 0.29) is 6.54 Å². The molecule has 0 aliphatic carbocycles. The van der Waals surface area contributed by atoms with Crippen LogP contribution in [0, 0.1) is 0 Å². The van der Waals surface area contributed by atoms with Crippen LogP contribution in [0.15, 0.2) is 6.20 Å². The second-order valence-electron chi connectivity index (χ2n) is 5.34. The second-order valence-corrected chi connectivity index (χ2v) is 5.34. The minimum absolute atomic E-state index is 0.254. The van der Waals surface area contributed by atoms with Crippen LogP contribution in [0.4, 0.5) is 4.79 Å². The van der Waals surface area contributed by atoms with Crippen molar-refractivity contribution in [1.82, 2.24) is 15.1 Å². The molecule has 1 aromatic heterocycles. The van der Waals surface area contributed by atoms with E-state index in [1.54, 1.807) is 20.8 Å². The molecular weight excluding hydrogens is 250 g/mol. The van der Waals surface area contributed by atoms with E-state index in [0.29, 0.717) is 5.56 Å². The molecule has 0 spiro atoms. The number of fused-ring (bicyclic) bond motifs is 1.